The van der Waals surface area contributed by atoms with E-state index in [0.29, 0.717) is 38.2 Å². The number of esters is 1. The van der Waals surface area contributed by atoms with E-state index in [0.717, 1.165) is 18.7 Å². The van der Waals surface area contributed by atoms with E-state index in [1.54, 1.807) is 13.0 Å². The normalized spacial score (nSPS) is 19.6. The van der Waals surface area contributed by atoms with Crippen LogP contribution in [0.3, 0.4) is 0 Å². The molecular weight excluding hydrogens is 333 g/mol. The lowest BCUT2D eigenvalue weighted by atomic mass is 9.89. The Morgan fingerprint density at radius 2 is 1.96 bits per heavy atom. The highest BCUT2D eigenvalue weighted by Crippen LogP contribution is 2.38. The summed E-state index contributed by atoms with van der Waals surface area (Å²) < 4.78 is 44.4. The number of nitrogens with zero attached hydrogens (tertiary/aromatic N) is 1. The molecule has 0 radical (unpaired) electrons. The predicted octanol–water partition coefficient (Wildman–Crippen LogP) is 3.17. The van der Waals surface area contributed by atoms with Crippen LogP contribution in [0.5, 0.6) is 0 Å². The zero-order valence-electron chi connectivity index (χ0n) is 14.2. The molecule has 0 amide bonds. The van der Waals surface area contributed by atoms with Gasteiger partial charge in [0.05, 0.1) is 18.1 Å². The third-order valence-electron chi connectivity index (χ3n) is 5.03. The minimum Gasteiger partial charge on any atom is -0.466 e. The van der Waals surface area contributed by atoms with Gasteiger partial charge in [-0.1, -0.05) is 6.07 Å². The first-order valence-electron chi connectivity index (χ1n) is 8.73. The molecule has 0 saturated carbocycles. The van der Waals surface area contributed by atoms with Crippen LogP contribution in [0.4, 0.5) is 18.9 Å². The van der Waals surface area contributed by atoms with Crippen LogP contribution in [0, 0.1) is 5.92 Å². The zero-order chi connectivity index (χ0) is 18.0. The van der Waals surface area contributed by atoms with Crippen molar-refractivity contribution in [1.82, 2.24) is 5.32 Å². The number of hydrogen-bond donors (Lipinski definition) is 1. The second kappa shape index (κ2) is 7.23. The summed E-state index contributed by atoms with van der Waals surface area (Å²) >= 11 is 0. The summed E-state index contributed by atoms with van der Waals surface area (Å²) in [5, 5.41) is 3.17. The van der Waals surface area contributed by atoms with Crippen LogP contribution in [0.1, 0.15) is 36.8 Å². The summed E-state index contributed by atoms with van der Waals surface area (Å²) in [6.45, 7) is 4.84. The van der Waals surface area contributed by atoms with E-state index in [9.17, 15) is 18.0 Å². The number of alkyl halides is 3. The van der Waals surface area contributed by atoms with Crippen molar-refractivity contribution in [2.75, 3.05) is 37.7 Å². The molecule has 0 aliphatic carbocycles. The highest BCUT2D eigenvalue weighted by Gasteiger charge is 2.34. The van der Waals surface area contributed by atoms with Crippen molar-refractivity contribution in [3.8, 4) is 0 Å². The average molecular weight is 356 g/mol. The lowest BCUT2D eigenvalue weighted by molar-refractivity contribution is -0.148. The summed E-state index contributed by atoms with van der Waals surface area (Å²) in [7, 11) is 0. The Labute approximate surface area is 145 Å². The van der Waals surface area contributed by atoms with Crippen molar-refractivity contribution in [2.24, 2.45) is 5.92 Å². The maximum atomic E-state index is 13.1. The van der Waals surface area contributed by atoms with Crippen molar-refractivity contribution >= 4 is 11.7 Å². The van der Waals surface area contributed by atoms with Crippen LogP contribution in [0.25, 0.3) is 0 Å². The summed E-state index contributed by atoms with van der Waals surface area (Å²) in [6, 6.07) is 4.04. The minimum absolute atomic E-state index is 0.157. The molecule has 2 aliphatic heterocycles. The molecular formula is C18H23F3N2O2. The van der Waals surface area contributed by atoms with Crippen LogP contribution in [0.2, 0.25) is 0 Å². The molecule has 0 spiro atoms. The summed E-state index contributed by atoms with van der Waals surface area (Å²) in [5.41, 5.74) is 0.996. The third-order valence-corrected chi connectivity index (χ3v) is 5.03. The monoisotopic (exact) mass is 356 g/mol. The van der Waals surface area contributed by atoms with Crippen LogP contribution in [-0.4, -0.2) is 38.8 Å². The molecule has 2 saturated heterocycles. The van der Waals surface area contributed by atoms with Gasteiger partial charge >= 0.3 is 12.1 Å². The Kier molecular flexibility index (Phi) is 5.22. The first-order valence-corrected chi connectivity index (χ1v) is 8.73. The molecule has 25 heavy (non-hydrogen) atoms. The standard InChI is InChI=1S/C18H23F3N2O2/c1-2-25-17(24)12-5-7-23(8-6-12)16-9-14(18(19,20)21)3-4-15(16)13-10-22-11-13/h3-4,9,12-13,22H,2,5-8,10-11H2,1H3. The number of nitrogens with one attached hydrogen (secondary N) is 1. The fourth-order valence-corrected chi connectivity index (χ4v) is 3.46. The maximum Gasteiger partial charge on any atom is 0.416 e. The Hall–Kier alpha value is -1.76. The number of anilines is 1. The van der Waals surface area contributed by atoms with Gasteiger partial charge in [0.15, 0.2) is 0 Å². The number of benzene rings is 1. The number of piperidine rings is 1. The summed E-state index contributed by atoms with van der Waals surface area (Å²) in [4.78, 5) is 13.8. The van der Waals surface area contributed by atoms with Crippen molar-refractivity contribution < 1.29 is 22.7 Å². The lowest BCUT2D eigenvalue weighted by Crippen LogP contribution is -2.42. The van der Waals surface area contributed by atoms with Gasteiger partial charge in [0, 0.05) is 37.8 Å². The molecule has 0 aromatic heterocycles. The first-order chi connectivity index (χ1) is 11.9. The van der Waals surface area contributed by atoms with Crippen molar-refractivity contribution in [3.63, 3.8) is 0 Å². The fraction of sp³-hybridized carbons (Fsp3) is 0.611. The van der Waals surface area contributed by atoms with E-state index < -0.39 is 11.7 Å². The van der Waals surface area contributed by atoms with Crippen LogP contribution >= 0.6 is 0 Å². The molecule has 2 fully saturated rings. The number of halogens is 3. The molecule has 1 aromatic rings. The topological polar surface area (TPSA) is 41.6 Å². The highest BCUT2D eigenvalue weighted by atomic mass is 19.4. The van der Waals surface area contributed by atoms with E-state index >= 15 is 0 Å². The Morgan fingerprint density at radius 1 is 1.28 bits per heavy atom. The van der Waals surface area contributed by atoms with Gasteiger partial charge < -0.3 is 15.0 Å². The van der Waals surface area contributed by atoms with E-state index in [2.05, 4.69) is 5.32 Å². The van der Waals surface area contributed by atoms with Crippen LogP contribution < -0.4 is 10.2 Å². The zero-order valence-corrected chi connectivity index (χ0v) is 14.2. The second-order valence-corrected chi connectivity index (χ2v) is 6.64. The fourth-order valence-electron chi connectivity index (χ4n) is 3.46. The van der Waals surface area contributed by atoms with Gasteiger partial charge in [0.1, 0.15) is 0 Å². The van der Waals surface area contributed by atoms with Gasteiger partial charge in [0.2, 0.25) is 0 Å². The minimum atomic E-state index is -4.35. The van der Waals surface area contributed by atoms with Gasteiger partial charge in [-0.3, -0.25) is 4.79 Å². The molecule has 0 atom stereocenters. The molecule has 2 aliphatic rings. The largest absolute Gasteiger partial charge is 0.466 e. The third kappa shape index (κ3) is 3.92. The quantitative estimate of drug-likeness (QED) is 0.842. The number of carbonyl (C=O) groups excluding carboxylic acids is 1. The molecule has 1 aromatic carbocycles. The SMILES string of the molecule is CCOC(=O)C1CCN(c2cc(C(F)(F)F)ccc2C2CNC2)CC1. The lowest BCUT2D eigenvalue weighted by Gasteiger charge is -2.37. The number of carbonyl (C=O) groups is 1. The molecule has 2 heterocycles. The Bertz CT molecular complexity index is 621. The molecule has 0 bridgehead atoms. The van der Waals surface area contributed by atoms with Gasteiger partial charge in [-0.05, 0) is 37.5 Å². The van der Waals surface area contributed by atoms with Crippen molar-refractivity contribution in [2.45, 2.75) is 31.9 Å². The second-order valence-electron chi connectivity index (χ2n) is 6.64. The number of ether oxygens (including phenoxy) is 1. The smallest absolute Gasteiger partial charge is 0.416 e. The molecule has 4 nitrogen and oxygen atoms in total. The molecule has 1 N–H and O–H groups in total. The predicted molar refractivity (Wildman–Crippen MR) is 88.6 cm³/mol. The number of rotatable bonds is 4. The van der Waals surface area contributed by atoms with E-state index in [1.165, 1.54) is 12.1 Å². The Morgan fingerprint density at radius 3 is 2.48 bits per heavy atom. The van der Waals surface area contributed by atoms with Gasteiger partial charge in [0.25, 0.3) is 0 Å². The average Bonchev–Trinajstić information content (AvgIpc) is 2.53. The van der Waals surface area contributed by atoms with E-state index in [1.807, 2.05) is 4.90 Å². The summed E-state index contributed by atoms with van der Waals surface area (Å²) in [5.74, 6) is -0.106. The molecule has 138 valence electrons. The first kappa shape index (κ1) is 18.0. The van der Waals surface area contributed by atoms with Gasteiger partial charge in [-0.15, -0.1) is 0 Å². The molecule has 0 unspecified atom stereocenters. The highest BCUT2D eigenvalue weighted by molar-refractivity contribution is 5.73. The van der Waals surface area contributed by atoms with E-state index in [4.69, 9.17) is 4.74 Å². The van der Waals surface area contributed by atoms with E-state index in [-0.39, 0.29) is 17.8 Å². The maximum absolute atomic E-state index is 13.1. The van der Waals surface area contributed by atoms with Crippen LogP contribution in [0.15, 0.2) is 18.2 Å². The summed E-state index contributed by atoms with van der Waals surface area (Å²) in [6.07, 6.45) is -3.14. The number of hydrogen-bond acceptors (Lipinski definition) is 4. The van der Waals surface area contributed by atoms with Crippen molar-refractivity contribution in [1.29, 1.82) is 0 Å². The van der Waals surface area contributed by atoms with Gasteiger partial charge in [-0.2, -0.15) is 13.2 Å². The molecule has 7 heteroatoms. The van der Waals surface area contributed by atoms with Crippen molar-refractivity contribution in [3.05, 3.63) is 29.3 Å². The molecule has 3 rings (SSSR count). The van der Waals surface area contributed by atoms with Gasteiger partial charge in [-0.25, -0.2) is 0 Å². The Balaban J connectivity index is 1.79. The van der Waals surface area contributed by atoms with Crippen LogP contribution in [-0.2, 0) is 15.7 Å².